The van der Waals surface area contributed by atoms with Crippen molar-refractivity contribution in [1.82, 2.24) is 4.98 Å². The van der Waals surface area contributed by atoms with Crippen LogP contribution in [0.3, 0.4) is 0 Å². The van der Waals surface area contributed by atoms with E-state index in [1.54, 1.807) is 12.4 Å². The second kappa shape index (κ2) is 4.58. The number of hydrogen-bond donors (Lipinski definition) is 0. The average molecular weight is 269 g/mol. The highest BCUT2D eigenvalue weighted by Gasteiger charge is 2.38. The van der Waals surface area contributed by atoms with Crippen LogP contribution in [0.1, 0.15) is 55.3 Å². The molecule has 0 amide bonds. The van der Waals surface area contributed by atoms with Crippen molar-refractivity contribution in [3.63, 3.8) is 0 Å². The number of aromatic nitrogens is 1. The standard InChI is InChI=1S/C17H19NO2/c1-4-12-14-13(19)5-8-17(2,3)16(14)20-15(12)11-6-9-18-10-7-11/h6-7,9-10H,4-5,8H2,1-3H3. The Morgan fingerprint density at radius 2 is 2.00 bits per heavy atom. The van der Waals surface area contributed by atoms with E-state index in [-0.39, 0.29) is 11.2 Å². The van der Waals surface area contributed by atoms with Crippen LogP contribution in [-0.4, -0.2) is 10.8 Å². The summed E-state index contributed by atoms with van der Waals surface area (Å²) in [6.07, 6.45) is 5.78. The molecule has 0 atom stereocenters. The highest BCUT2D eigenvalue weighted by atomic mass is 16.3. The second-order valence-electron chi connectivity index (χ2n) is 6.01. The number of carbonyl (C=O) groups is 1. The Labute approximate surface area is 119 Å². The summed E-state index contributed by atoms with van der Waals surface area (Å²) in [6.45, 7) is 6.37. The summed E-state index contributed by atoms with van der Waals surface area (Å²) < 4.78 is 6.15. The number of furan rings is 1. The summed E-state index contributed by atoms with van der Waals surface area (Å²) in [7, 11) is 0. The van der Waals surface area contributed by atoms with Gasteiger partial charge in [-0.2, -0.15) is 0 Å². The number of carbonyl (C=O) groups excluding carboxylic acids is 1. The highest BCUT2D eigenvalue weighted by Crippen LogP contribution is 2.43. The molecule has 1 aliphatic carbocycles. The monoisotopic (exact) mass is 269 g/mol. The zero-order valence-electron chi connectivity index (χ0n) is 12.2. The van der Waals surface area contributed by atoms with E-state index in [0.29, 0.717) is 6.42 Å². The van der Waals surface area contributed by atoms with E-state index in [9.17, 15) is 4.79 Å². The molecule has 0 radical (unpaired) electrons. The van der Waals surface area contributed by atoms with Crippen LogP contribution >= 0.6 is 0 Å². The van der Waals surface area contributed by atoms with Gasteiger partial charge < -0.3 is 4.42 Å². The molecule has 0 unspecified atom stereocenters. The van der Waals surface area contributed by atoms with Crippen LogP contribution in [0.2, 0.25) is 0 Å². The van der Waals surface area contributed by atoms with Crippen LogP contribution in [0, 0.1) is 0 Å². The first-order valence-electron chi connectivity index (χ1n) is 7.14. The summed E-state index contributed by atoms with van der Waals surface area (Å²) in [6, 6.07) is 3.86. The molecule has 0 aliphatic heterocycles. The van der Waals surface area contributed by atoms with Gasteiger partial charge in [-0.05, 0) is 25.0 Å². The summed E-state index contributed by atoms with van der Waals surface area (Å²) in [4.78, 5) is 16.4. The van der Waals surface area contributed by atoms with E-state index in [0.717, 1.165) is 41.1 Å². The maximum Gasteiger partial charge on any atom is 0.166 e. The number of Topliss-reactive ketones (excluding diaryl/α,β-unsaturated/α-hetero) is 1. The van der Waals surface area contributed by atoms with Crippen molar-refractivity contribution in [2.24, 2.45) is 0 Å². The van der Waals surface area contributed by atoms with Crippen LogP contribution in [0.25, 0.3) is 11.3 Å². The van der Waals surface area contributed by atoms with E-state index in [1.165, 1.54) is 0 Å². The van der Waals surface area contributed by atoms with Crippen molar-refractivity contribution < 1.29 is 9.21 Å². The molecule has 1 aliphatic rings. The predicted octanol–water partition coefficient (Wildman–Crippen LogP) is 4.16. The van der Waals surface area contributed by atoms with Crippen molar-refractivity contribution in [3.05, 3.63) is 41.4 Å². The third kappa shape index (κ3) is 1.89. The number of hydrogen-bond acceptors (Lipinski definition) is 3. The minimum atomic E-state index is -0.0710. The zero-order chi connectivity index (χ0) is 14.3. The molecule has 0 fully saturated rings. The molecule has 0 saturated carbocycles. The third-order valence-corrected chi connectivity index (χ3v) is 4.17. The van der Waals surface area contributed by atoms with Crippen molar-refractivity contribution in [2.45, 2.75) is 45.4 Å². The van der Waals surface area contributed by atoms with Crippen LogP contribution in [0.4, 0.5) is 0 Å². The highest BCUT2D eigenvalue weighted by molar-refractivity contribution is 6.01. The van der Waals surface area contributed by atoms with E-state index in [2.05, 4.69) is 25.8 Å². The number of nitrogens with zero attached hydrogens (tertiary/aromatic N) is 1. The van der Waals surface area contributed by atoms with Gasteiger partial charge in [0.25, 0.3) is 0 Å². The van der Waals surface area contributed by atoms with Gasteiger partial charge in [-0.15, -0.1) is 0 Å². The molecule has 2 aromatic rings. The van der Waals surface area contributed by atoms with Gasteiger partial charge in [-0.1, -0.05) is 20.8 Å². The van der Waals surface area contributed by atoms with Crippen LogP contribution in [0.5, 0.6) is 0 Å². The first-order chi connectivity index (χ1) is 9.54. The van der Waals surface area contributed by atoms with E-state index >= 15 is 0 Å². The second-order valence-corrected chi connectivity index (χ2v) is 6.01. The Morgan fingerprint density at radius 1 is 1.30 bits per heavy atom. The molecule has 20 heavy (non-hydrogen) atoms. The van der Waals surface area contributed by atoms with Crippen molar-refractivity contribution >= 4 is 5.78 Å². The van der Waals surface area contributed by atoms with Gasteiger partial charge in [-0.3, -0.25) is 9.78 Å². The molecule has 0 saturated heterocycles. The molecular formula is C17H19NO2. The molecule has 0 spiro atoms. The Morgan fingerprint density at radius 3 is 2.65 bits per heavy atom. The predicted molar refractivity (Wildman–Crippen MR) is 77.9 cm³/mol. The molecule has 2 aromatic heterocycles. The van der Waals surface area contributed by atoms with Crippen molar-refractivity contribution in [1.29, 1.82) is 0 Å². The van der Waals surface area contributed by atoms with Gasteiger partial charge in [0.1, 0.15) is 11.5 Å². The van der Waals surface area contributed by atoms with Gasteiger partial charge in [0.05, 0.1) is 5.56 Å². The Kier molecular flexibility index (Phi) is 3.00. The molecule has 2 heterocycles. The van der Waals surface area contributed by atoms with E-state index < -0.39 is 0 Å². The number of ketones is 1. The Hall–Kier alpha value is -1.90. The normalized spacial score (nSPS) is 17.1. The number of rotatable bonds is 2. The average Bonchev–Trinajstić information content (AvgIpc) is 2.85. The summed E-state index contributed by atoms with van der Waals surface area (Å²) in [5, 5.41) is 0. The summed E-state index contributed by atoms with van der Waals surface area (Å²) in [5.41, 5.74) is 2.80. The third-order valence-electron chi connectivity index (χ3n) is 4.17. The molecule has 0 aromatic carbocycles. The minimum absolute atomic E-state index is 0.0710. The lowest BCUT2D eigenvalue weighted by Crippen LogP contribution is -2.26. The van der Waals surface area contributed by atoms with E-state index in [1.807, 2.05) is 12.1 Å². The van der Waals surface area contributed by atoms with Gasteiger partial charge in [-0.25, -0.2) is 0 Å². The lowest BCUT2D eigenvalue weighted by molar-refractivity contribution is 0.0948. The van der Waals surface area contributed by atoms with E-state index in [4.69, 9.17) is 4.42 Å². The molecule has 3 heteroatoms. The van der Waals surface area contributed by atoms with Crippen LogP contribution in [0.15, 0.2) is 28.9 Å². The van der Waals surface area contributed by atoms with Gasteiger partial charge in [0.15, 0.2) is 5.78 Å². The lowest BCUT2D eigenvalue weighted by Gasteiger charge is -2.27. The van der Waals surface area contributed by atoms with Gasteiger partial charge in [0.2, 0.25) is 0 Å². The fourth-order valence-electron chi connectivity index (χ4n) is 2.98. The molecule has 3 nitrogen and oxygen atoms in total. The fourth-order valence-corrected chi connectivity index (χ4v) is 2.98. The topological polar surface area (TPSA) is 43.1 Å². The first-order valence-corrected chi connectivity index (χ1v) is 7.14. The van der Waals surface area contributed by atoms with Crippen LogP contribution in [-0.2, 0) is 11.8 Å². The summed E-state index contributed by atoms with van der Waals surface area (Å²) in [5.74, 6) is 1.92. The first kappa shape index (κ1) is 13.1. The number of fused-ring (bicyclic) bond motifs is 1. The summed E-state index contributed by atoms with van der Waals surface area (Å²) >= 11 is 0. The van der Waals surface area contributed by atoms with Crippen molar-refractivity contribution in [2.75, 3.05) is 0 Å². The Balaban J connectivity index is 2.26. The number of pyridine rings is 1. The maximum absolute atomic E-state index is 12.3. The molecular weight excluding hydrogens is 250 g/mol. The van der Waals surface area contributed by atoms with Crippen molar-refractivity contribution in [3.8, 4) is 11.3 Å². The fraction of sp³-hybridized carbons (Fsp3) is 0.412. The maximum atomic E-state index is 12.3. The smallest absolute Gasteiger partial charge is 0.166 e. The van der Waals surface area contributed by atoms with Gasteiger partial charge >= 0.3 is 0 Å². The molecule has 104 valence electrons. The molecule has 0 bridgehead atoms. The van der Waals surface area contributed by atoms with Crippen LogP contribution < -0.4 is 0 Å². The lowest BCUT2D eigenvalue weighted by atomic mass is 9.75. The zero-order valence-corrected chi connectivity index (χ0v) is 12.2. The quantitative estimate of drug-likeness (QED) is 0.822. The van der Waals surface area contributed by atoms with Gasteiger partial charge in [0, 0.05) is 35.4 Å². The Bertz CT molecular complexity index is 653. The molecule has 0 N–H and O–H groups in total. The minimum Gasteiger partial charge on any atom is -0.459 e. The molecule has 3 rings (SSSR count). The SMILES string of the molecule is CCc1c(-c2ccncc2)oc2c1C(=O)CCC2(C)C. The largest absolute Gasteiger partial charge is 0.459 e.